The predicted octanol–water partition coefficient (Wildman–Crippen LogP) is 26.8. The van der Waals surface area contributed by atoms with Crippen molar-refractivity contribution in [2.45, 2.75) is 490 Å². The van der Waals surface area contributed by atoms with E-state index in [1.54, 1.807) is 0 Å². The van der Waals surface area contributed by atoms with Crippen LogP contribution in [-0.4, -0.2) is 96.7 Å². The summed E-state index contributed by atoms with van der Waals surface area (Å²) in [6, 6.07) is 0. The van der Waals surface area contributed by atoms with Crippen molar-refractivity contribution in [3.8, 4) is 0 Å². The number of phosphoric acid groups is 2. The molecule has 2 unspecified atom stereocenters. The highest BCUT2D eigenvalue weighted by atomic mass is 31.2. The lowest BCUT2D eigenvalue weighted by atomic mass is 10.0. The zero-order valence-corrected chi connectivity index (χ0v) is 71.4. The summed E-state index contributed by atoms with van der Waals surface area (Å²) in [5.41, 5.74) is 0. The number of ether oxygens (including phenoxy) is 4. The first kappa shape index (κ1) is 104. The Morgan fingerprint density at radius 1 is 0.255 bits per heavy atom. The van der Waals surface area contributed by atoms with E-state index in [9.17, 15) is 43.2 Å². The fourth-order valence-corrected chi connectivity index (χ4v) is 15.2. The van der Waals surface area contributed by atoms with E-state index in [0.29, 0.717) is 25.7 Å². The van der Waals surface area contributed by atoms with E-state index >= 15 is 0 Å². The second kappa shape index (κ2) is 79.7. The van der Waals surface area contributed by atoms with Gasteiger partial charge in [0.1, 0.15) is 19.3 Å². The maximum atomic E-state index is 13.2. The minimum Gasteiger partial charge on any atom is -0.462 e. The van der Waals surface area contributed by atoms with Gasteiger partial charge in [0.25, 0.3) is 0 Å². The number of rotatable bonds is 87. The quantitative estimate of drug-likeness (QED) is 0.0222. The number of carbonyl (C=O) groups excluding carboxylic acids is 4. The van der Waals surface area contributed by atoms with Gasteiger partial charge in [0, 0.05) is 25.7 Å². The average Bonchev–Trinajstić information content (AvgIpc) is 0.905. The van der Waals surface area contributed by atoms with Crippen molar-refractivity contribution in [3.63, 3.8) is 0 Å². The summed E-state index contributed by atoms with van der Waals surface area (Å²) in [4.78, 5) is 73.2. The van der Waals surface area contributed by atoms with Crippen LogP contribution in [0.25, 0.3) is 0 Å². The van der Waals surface area contributed by atoms with Crippen molar-refractivity contribution >= 4 is 39.5 Å². The summed E-state index contributed by atoms with van der Waals surface area (Å²) in [7, 11) is -9.92. The minimum absolute atomic E-state index is 0.107. The highest BCUT2D eigenvalue weighted by Crippen LogP contribution is 2.45. The summed E-state index contributed by atoms with van der Waals surface area (Å²) in [5.74, 6) is -1.32. The van der Waals surface area contributed by atoms with Crippen LogP contribution in [0.15, 0.2) is 0 Å². The van der Waals surface area contributed by atoms with Gasteiger partial charge in [0.2, 0.25) is 0 Å². The van der Waals surface area contributed by atoms with Crippen LogP contribution in [0.2, 0.25) is 0 Å². The SMILES string of the molecule is CCCCCCCCCCCCCCCCCCCCCCCC(=O)OC[C@H](COP(=O)(O)OC[C@@H](O)COP(=O)(O)OC[C@@H](COC(=O)CCCCCCCCCCC)OC(=O)CCCCCCCCCCCCCCC(C)C)OC(=O)CCCCCCCCCCCCCCCCCCCCCCC. The average molecular weight is 1550 g/mol. The number of unbranched alkanes of at least 4 members (excludes halogenated alkanes) is 59. The Morgan fingerprint density at radius 2 is 0.434 bits per heavy atom. The molecule has 19 heteroatoms. The molecule has 5 atom stereocenters. The van der Waals surface area contributed by atoms with Gasteiger partial charge in [-0.1, -0.05) is 420 Å². The van der Waals surface area contributed by atoms with Crippen LogP contribution in [0, 0.1) is 5.92 Å². The van der Waals surface area contributed by atoms with E-state index < -0.39 is 97.5 Å². The van der Waals surface area contributed by atoms with Crippen molar-refractivity contribution in [1.29, 1.82) is 0 Å². The number of aliphatic hydroxyl groups is 1. The first-order valence-electron chi connectivity index (χ1n) is 45.1. The van der Waals surface area contributed by atoms with E-state index in [2.05, 4.69) is 34.6 Å². The van der Waals surface area contributed by atoms with Crippen LogP contribution >= 0.6 is 15.6 Å². The van der Waals surface area contributed by atoms with Crippen LogP contribution in [-0.2, 0) is 65.4 Å². The molecule has 0 aliphatic carbocycles. The van der Waals surface area contributed by atoms with Gasteiger partial charge in [-0.05, 0) is 31.6 Å². The standard InChI is InChI=1S/C87H170O17P2/c1-6-9-12-15-18-21-23-25-27-29-31-33-35-37-39-41-46-51-56-61-66-71-85(90)98-77-83(104-86(91)72-67-62-57-52-47-42-40-38-36-34-32-30-28-26-24-22-19-16-13-10-7-2)79-102-106(95,96)100-75-81(88)74-99-105(93,94)101-78-82(76-97-84(89)70-65-60-55-49-20-17-14-11-8-3)103-87(92)73-68-63-58-53-48-44-43-45-50-54-59-64-69-80(4)5/h80-83,88H,6-79H2,1-5H3,(H,93,94)(H,95,96)/t81-,82+,83+/m0/s1. The fourth-order valence-electron chi connectivity index (χ4n) is 13.6. The van der Waals surface area contributed by atoms with Crippen molar-refractivity contribution in [3.05, 3.63) is 0 Å². The van der Waals surface area contributed by atoms with Crippen LogP contribution in [0.1, 0.15) is 471 Å². The highest BCUT2D eigenvalue weighted by molar-refractivity contribution is 7.47. The molecule has 0 aromatic heterocycles. The van der Waals surface area contributed by atoms with Crippen LogP contribution < -0.4 is 0 Å². The van der Waals surface area contributed by atoms with Gasteiger partial charge in [-0.2, -0.15) is 0 Å². The van der Waals surface area contributed by atoms with Crippen molar-refractivity contribution < 1.29 is 80.2 Å². The normalized spacial score (nSPS) is 13.7. The Balaban J connectivity index is 5.19. The molecule has 0 aromatic rings. The maximum absolute atomic E-state index is 13.2. The first-order chi connectivity index (χ1) is 51.5. The predicted molar refractivity (Wildman–Crippen MR) is 437 cm³/mol. The molecule has 0 amide bonds. The second-order valence-electron chi connectivity index (χ2n) is 31.8. The molecule has 0 rings (SSSR count). The number of hydrogen-bond donors (Lipinski definition) is 3. The highest BCUT2D eigenvalue weighted by Gasteiger charge is 2.30. The maximum Gasteiger partial charge on any atom is 0.472 e. The summed E-state index contributed by atoms with van der Waals surface area (Å²) >= 11 is 0. The van der Waals surface area contributed by atoms with Gasteiger partial charge in [-0.3, -0.25) is 37.3 Å². The molecule has 0 radical (unpaired) electrons. The Hall–Kier alpha value is -1.94. The van der Waals surface area contributed by atoms with Gasteiger partial charge in [-0.15, -0.1) is 0 Å². The number of hydrogen-bond acceptors (Lipinski definition) is 15. The molecule has 0 aromatic carbocycles. The molecule has 106 heavy (non-hydrogen) atoms. The number of phosphoric ester groups is 2. The first-order valence-corrected chi connectivity index (χ1v) is 48.1. The van der Waals surface area contributed by atoms with E-state index in [1.165, 1.54) is 295 Å². The van der Waals surface area contributed by atoms with Gasteiger partial charge in [-0.25, -0.2) is 9.13 Å². The number of esters is 4. The Labute approximate surface area is 651 Å². The topological polar surface area (TPSA) is 237 Å². The molecule has 3 N–H and O–H groups in total. The summed E-state index contributed by atoms with van der Waals surface area (Å²) in [6.45, 7) is 7.35. The van der Waals surface area contributed by atoms with Crippen molar-refractivity contribution in [2.24, 2.45) is 5.92 Å². The van der Waals surface area contributed by atoms with Crippen molar-refractivity contribution in [1.82, 2.24) is 0 Å². The van der Waals surface area contributed by atoms with E-state index in [4.69, 9.17) is 37.0 Å². The van der Waals surface area contributed by atoms with E-state index in [-0.39, 0.29) is 25.7 Å². The molecule has 0 spiro atoms. The molecule has 0 heterocycles. The van der Waals surface area contributed by atoms with E-state index in [0.717, 1.165) is 95.8 Å². The smallest absolute Gasteiger partial charge is 0.462 e. The third kappa shape index (κ3) is 80.1. The largest absolute Gasteiger partial charge is 0.472 e. The van der Waals surface area contributed by atoms with Gasteiger partial charge in [0.15, 0.2) is 12.2 Å². The summed E-state index contributed by atoms with van der Waals surface area (Å²) in [6.07, 6.45) is 73.8. The molecule has 0 saturated carbocycles. The minimum atomic E-state index is -4.97. The molecule has 630 valence electrons. The molecule has 0 saturated heterocycles. The molecule has 17 nitrogen and oxygen atoms in total. The Bertz CT molecular complexity index is 2010. The second-order valence-corrected chi connectivity index (χ2v) is 34.7. The number of carbonyl (C=O) groups is 4. The molecular formula is C87H170O17P2. The lowest BCUT2D eigenvalue weighted by molar-refractivity contribution is -0.161. The molecule has 0 aliphatic rings. The van der Waals surface area contributed by atoms with Crippen LogP contribution in [0.3, 0.4) is 0 Å². The lowest BCUT2D eigenvalue weighted by Gasteiger charge is -2.21. The zero-order valence-electron chi connectivity index (χ0n) is 69.6. The summed E-state index contributed by atoms with van der Waals surface area (Å²) < 4.78 is 68.9. The Kier molecular flexibility index (Phi) is 78.2. The van der Waals surface area contributed by atoms with Crippen LogP contribution in [0.4, 0.5) is 0 Å². The third-order valence-corrected chi connectivity index (χ3v) is 22.4. The molecular weight excluding hydrogens is 1380 g/mol. The molecule has 0 fully saturated rings. The summed E-state index contributed by atoms with van der Waals surface area (Å²) in [5, 5.41) is 10.7. The van der Waals surface area contributed by atoms with Crippen molar-refractivity contribution in [2.75, 3.05) is 39.6 Å². The van der Waals surface area contributed by atoms with Crippen LogP contribution in [0.5, 0.6) is 0 Å². The number of aliphatic hydroxyl groups excluding tert-OH is 1. The van der Waals surface area contributed by atoms with Gasteiger partial charge >= 0.3 is 39.5 Å². The zero-order chi connectivity index (χ0) is 77.6. The van der Waals surface area contributed by atoms with E-state index in [1.807, 2.05) is 0 Å². The molecule has 0 aliphatic heterocycles. The lowest BCUT2D eigenvalue weighted by Crippen LogP contribution is -2.30. The van der Waals surface area contributed by atoms with Gasteiger partial charge in [0.05, 0.1) is 26.4 Å². The Morgan fingerprint density at radius 3 is 0.642 bits per heavy atom. The van der Waals surface area contributed by atoms with Gasteiger partial charge < -0.3 is 33.8 Å². The monoisotopic (exact) mass is 1550 g/mol. The third-order valence-electron chi connectivity index (χ3n) is 20.5. The molecule has 0 bridgehead atoms. The fraction of sp³-hybridized carbons (Fsp3) is 0.954.